The summed E-state index contributed by atoms with van der Waals surface area (Å²) >= 11 is 0. The summed E-state index contributed by atoms with van der Waals surface area (Å²) in [6.45, 7) is 0. The van der Waals surface area contributed by atoms with E-state index in [4.69, 9.17) is 50.2 Å². The molecule has 0 bridgehead atoms. The SMILES string of the molecule is CN(C)P(=O)(OP(=O)(N(C)C)N(C)C)N(C)C.CN(C)P(=O)(OP(=O)(N(C)C)N(C)C)N(C)C.CN(C)P(=O)(OP(=O)(N(C)C)N(C)C)N(C)C.[Mn+2].[O-][Cl+3]([O-])([O-])[O-].[O-][Cl+3]([O-])([O-])[O-]. The second kappa shape index (κ2) is 30.2. The van der Waals surface area contributed by atoms with Gasteiger partial charge in [-0.05, 0) is 169 Å². The number of hydrogen-bond acceptors (Lipinski definition) is 17. The maximum Gasteiger partial charge on any atom is 2.00 e. The molecule has 1 radical (unpaired) electrons. The van der Waals surface area contributed by atoms with Crippen LogP contribution in [-0.4, -0.2) is 225 Å². The number of nitrogens with zero attached hydrogens (tertiary/aromatic N) is 12. The molecule has 0 heterocycles. The second-order valence-corrected chi connectivity index (χ2v) is 33.1. The Bertz CT molecular complexity index is 1210. The third-order valence-electron chi connectivity index (χ3n) is 6.70. The molecular weight excluding hydrogens is 1040 g/mol. The van der Waals surface area contributed by atoms with Crippen molar-refractivity contribution < 1.29 is 115 Å². The number of hydrogen-bond donors (Lipinski definition) is 0. The van der Waals surface area contributed by atoms with E-state index in [-0.39, 0.29) is 17.1 Å². The monoisotopic (exact) mass is 1110 g/mol. The van der Waals surface area contributed by atoms with Crippen molar-refractivity contribution in [3.8, 4) is 0 Å². The fraction of sp³-hybridized carbons (Fsp3) is 1.00. The van der Waals surface area contributed by atoms with E-state index in [0.717, 1.165) is 0 Å². The van der Waals surface area contributed by atoms with Crippen LogP contribution < -0.4 is 37.3 Å². The third-order valence-corrected chi connectivity index (χ3v) is 23.9. The Kier molecular flexibility index (Phi) is 36.6. The zero-order valence-corrected chi connectivity index (χ0v) is 48.2. The predicted molar refractivity (Wildman–Crippen MR) is 213 cm³/mol. The van der Waals surface area contributed by atoms with Crippen LogP contribution in [0.4, 0.5) is 0 Å². The molecule has 0 rings (SSSR count). The van der Waals surface area contributed by atoms with Crippen LogP contribution >= 0.6 is 46.0 Å². The molecule has 0 spiro atoms. The molecule has 0 amide bonds. The molecule has 0 aliphatic carbocycles. The molecule has 0 aliphatic rings. The average molecular weight is 1110 g/mol. The van der Waals surface area contributed by atoms with E-state index >= 15 is 0 Å². The molecule has 0 aromatic heterocycles. The van der Waals surface area contributed by atoms with Gasteiger partial charge >= 0.3 is 63.1 Å². The van der Waals surface area contributed by atoms with E-state index in [9.17, 15) is 27.4 Å². The van der Waals surface area contributed by atoms with Gasteiger partial charge in [-0.15, -0.1) is 20.5 Å². The van der Waals surface area contributed by atoms with Crippen molar-refractivity contribution in [1.29, 1.82) is 0 Å². The van der Waals surface area contributed by atoms with Crippen LogP contribution in [0.1, 0.15) is 0 Å². The summed E-state index contributed by atoms with van der Waals surface area (Å²) in [7, 11) is 9.73. The van der Waals surface area contributed by atoms with Crippen LogP contribution in [-0.2, 0) is 57.4 Å². The Morgan fingerprint density at radius 2 is 0.290 bits per heavy atom. The Hall–Kier alpha value is 1.56. The third kappa shape index (κ3) is 26.9. The molecule has 0 atom stereocenters. The average Bonchev–Trinajstić information content (AvgIpc) is 3.02. The predicted octanol–water partition coefficient (Wildman–Crippen LogP) is -5.12. The maximum atomic E-state index is 12.6. The first kappa shape index (κ1) is 75.1. The molecule has 0 aromatic rings. The summed E-state index contributed by atoms with van der Waals surface area (Å²) in [5.74, 6) is 0. The number of halogens is 2. The van der Waals surface area contributed by atoms with Crippen molar-refractivity contribution in [2.75, 3.05) is 169 Å². The molecule has 0 saturated heterocycles. The summed E-state index contributed by atoms with van der Waals surface area (Å²) in [6, 6.07) is 0. The Morgan fingerprint density at radius 1 is 0.242 bits per heavy atom. The van der Waals surface area contributed by atoms with Crippen LogP contribution in [0.5, 0.6) is 0 Å². The van der Waals surface area contributed by atoms with Gasteiger partial charge < -0.3 is 0 Å². The van der Waals surface area contributed by atoms with E-state index in [1.54, 1.807) is 169 Å². The van der Waals surface area contributed by atoms with Crippen LogP contribution in [0.25, 0.3) is 0 Å². The van der Waals surface area contributed by atoms with Gasteiger partial charge in [0.25, 0.3) is 0 Å². The summed E-state index contributed by atoms with van der Waals surface area (Å²) in [5, 5.41) is 0. The van der Waals surface area contributed by atoms with E-state index in [2.05, 4.69) is 0 Å². The first-order valence-electron chi connectivity index (χ1n) is 16.6. The zero-order valence-electron chi connectivity index (χ0n) is 40.1. The van der Waals surface area contributed by atoms with Crippen molar-refractivity contribution in [3.63, 3.8) is 0 Å². The van der Waals surface area contributed by atoms with Gasteiger partial charge in [-0.2, -0.15) is 0 Å². The zero-order chi connectivity index (χ0) is 51.0. The standard InChI is InChI=1S/3C8H24N4O3P2.2ClHO4.Mn/c3*1-9(2)16(13,10(3)4)15-17(14,11(5)6)12(7)8;2*2-1(3,4)5;/h3*1-8H3;2*(H,2,3,4,5);/q;;;;;+2/p-2. The van der Waals surface area contributed by atoms with Crippen LogP contribution in [0, 0.1) is 20.5 Å². The van der Waals surface area contributed by atoms with E-state index in [1.807, 2.05) is 0 Å². The van der Waals surface area contributed by atoms with Crippen molar-refractivity contribution in [2.45, 2.75) is 0 Å². The topological polar surface area (TPSA) is 353 Å². The van der Waals surface area contributed by atoms with Gasteiger partial charge in [0.05, 0.1) is 0 Å². The molecule has 62 heavy (non-hydrogen) atoms. The molecular formula is C24H72Cl2MnN12O17P6. The van der Waals surface area contributed by atoms with Crippen molar-refractivity contribution in [2.24, 2.45) is 0 Å². The smallest absolute Gasteiger partial charge is 0.255 e. The molecule has 381 valence electrons. The first-order chi connectivity index (χ1) is 26.4. The van der Waals surface area contributed by atoms with Gasteiger partial charge in [0, 0.05) is 0 Å². The molecule has 0 saturated carbocycles. The first-order valence-corrected chi connectivity index (χ1v) is 28.2. The molecule has 0 aliphatic heterocycles. The van der Waals surface area contributed by atoms with Gasteiger partial charge in [0.2, 0.25) is 0 Å². The van der Waals surface area contributed by atoms with E-state index in [0.29, 0.717) is 0 Å². The van der Waals surface area contributed by atoms with Crippen molar-refractivity contribution in [3.05, 3.63) is 0 Å². The second-order valence-electron chi connectivity index (χ2n) is 14.1. The Balaban J connectivity index is -0.000000169. The van der Waals surface area contributed by atoms with E-state index < -0.39 is 66.5 Å². The van der Waals surface area contributed by atoms with Crippen molar-refractivity contribution in [1.82, 2.24) is 56.0 Å². The summed E-state index contributed by atoms with van der Waals surface area (Å²) < 4.78 is 178. The van der Waals surface area contributed by atoms with Crippen LogP contribution in [0.2, 0.25) is 0 Å². The normalized spacial score (nSPS) is 13.7. The van der Waals surface area contributed by atoms with Crippen LogP contribution in [0.3, 0.4) is 0 Å². The minimum absolute atomic E-state index is 0. The van der Waals surface area contributed by atoms with Crippen LogP contribution in [0.15, 0.2) is 0 Å². The fourth-order valence-corrected chi connectivity index (χ4v) is 18.1. The summed E-state index contributed by atoms with van der Waals surface area (Å²) in [4.78, 5) is 0. The van der Waals surface area contributed by atoms with E-state index in [1.165, 1.54) is 56.0 Å². The fourth-order valence-electron chi connectivity index (χ4n) is 3.44. The van der Waals surface area contributed by atoms with Gasteiger partial charge in [0.15, 0.2) is 0 Å². The largest absolute Gasteiger partial charge is 2.00 e. The molecule has 38 heteroatoms. The number of rotatable bonds is 18. The molecule has 29 nitrogen and oxygen atoms in total. The molecule has 0 fully saturated rings. The molecule has 0 aromatic carbocycles. The van der Waals surface area contributed by atoms with Gasteiger partial charge in [-0.25, -0.2) is 106 Å². The molecule has 0 N–H and O–H groups in total. The van der Waals surface area contributed by atoms with Gasteiger partial charge in [-0.1, -0.05) is 0 Å². The minimum atomic E-state index is -4.94. The summed E-state index contributed by atoms with van der Waals surface area (Å²) in [5.41, 5.74) is 0. The molecule has 0 unspecified atom stereocenters. The maximum absolute atomic E-state index is 12.6. The Morgan fingerprint density at radius 3 is 0.323 bits per heavy atom. The van der Waals surface area contributed by atoms with Gasteiger partial charge in [-0.3, -0.25) is 27.4 Å². The quantitative estimate of drug-likeness (QED) is 0.0915. The van der Waals surface area contributed by atoms with Gasteiger partial charge in [0.1, 0.15) is 0 Å². The summed E-state index contributed by atoms with van der Waals surface area (Å²) in [6.07, 6.45) is 0. The minimum Gasteiger partial charge on any atom is -0.255 e. The Labute approximate surface area is 384 Å². The van der Waals surface area contributed by atoms with Crippen molar-refractivity contribution >= 4 is 46.0 Å².